The van der Waals surface area contributed by atoms with Gasteiger partial charge in [0, 0.05) is 10.4 Å². The summed E-state index contributed by atoms with van der Waals surface area (Å²) < 4.78 is 26.2. The van der Waals surface area contributed by atoms with Gasteiger partial charge < -0.3 is 0 Å². The molecule has 1 unspecified atom stereocenters. The number of nitro groups is 1. The van der Waals surface area contributed by atoms with Crippen molar-refractivity contribution >= 4 is 21.6 Å². The highest BCUT2D eigenvalue weighted by Gasteiger charge is 2.21. The van der Waals surface area contributed by atoms with E-state index in [9.17, 15) is 18.9 Å². The molecule has 1 rings (SSSR count). The van der Waals surface area contributed by atoms with E-state index in [1.807, 2.05) is 0 Å². The molecule has 0 N–H and O–H groups in total. The molecule has 1 aromatic carbocycles. The number of nitro benzene ring substituents is 1. The molecule has 0 aliphatic heterocycles. The van der Waals surface area contributed by atoms with Crippen LogP contribution in [0.4, 0.5) is 14.5 Å². The van der Waals surface area contributed by atoms with Crippen LogP contribution in [-0.2, 0) is 0 Å². The number of nitrogens with zero attached hydrogens (tertiary/aromatic N) is 1. The van der Waals surface area contributed by atoms with Gasteiger partial charge in [-0.25, -0.2) is 4.39 Å². The number of alkyl halides is 1. The van der Waals surface area contributed by atoms with E-state index in [4.69, 9.17) is 0 Å². The van der Waals surface area contributed by atoms with Crippen molar-refractivity contribution < 1.29 is 13.7 Å². The zero-order chi connectivity index (χ0) is 10.9. The molecule has 0 aliphatic rings. The second kappa shape index (κ2) is 4.00. The molecule has 0 bridgehead atoms. The SMILES string of the molecule is CC(Br)c1cc(F)cc([N+](=O)[O-])c1F. The van der Waals surface area contributed by atoms with Gasteiger partial charge in [0.25, 0.3) is 0 Å². The topological polar surface area (TPSA) is 43.1 Å². The van der Waals surface area contributed by atoms with E-state index in [2.05, 4.69) is 15.9 Å². The second-order valence-electron chi connectivity index (χ2n) is 2.70. The normalized spacial score (nSPS) is 12.6. The standard InChI is InChI=1S/C8H6BrF2NO2/c1-4(9)6-2-5(10)3-7(8(6)11)12(13)14/h2-4H,1H3. The molecule has 0 aliphatic carbocycles. The first-order chi connectivity index (χ1) is 6.43. The lowest BCUT2D eigenvalue weighted by Crippen LogP contribution is -1.99. The predicted molar refractivity (Wildman–Crippen MR) is 50.4 cm³/mol. The summed E-state index contributed by atoms with van der Waals surface area (Å²) in [4.78, 5) is 8.91. The van der Waals surface area contributed by atoms with Gasteiger partial charge in [0.2, 0.25) is 5.82 Å². The first-order valence-electron chi connectivity index (χ1n) is 3.71. The molecule has 1 atom stereocenters. The zero-order valence-corrected chi connectivity index (χ0v) is 8.72. The lowest BCUT2D eigenvalue weighted by molar-refractivity contribution is -0.387. The predicted octanol–water partition coefficient (Wildman–Crippen LogP) is 3.33. The molecule has 0 heterocycles. The average Bonchev–Trinajstić information content (AvgIpc) is 2.07. The van der Waals surface area contributed by atoms with Crippen molar-refractivity contribution in [2.75, 3.05) is 0 Å². The van der Waals surface area contributed by atoms with Crippen LogP contribution in [0.3, 0.4) is 0 Å². The van der Waals surface area contributed by atoms with Gasteiger partial charge >= 0.3 is 5.69 Å². The van der Waals surface area contributed by atoms with Gasteiger partial charge in [-0.3, -0.25) is 10.1 Å². The van der Waals surface area contributed by atoms with Crippen LogP contribution in [0.15, 0.2) is 12.1 Å². The van der Waals surface area contributed by atoms with E-state index < -0.39 is 27.1 Å². The van der Waals surface area contributed by atoms with Crippen molar-refractivity contribution in [2.24, 2.45) is 0 Å². The molecule has 3 nitrogen and oxygen atoms in total. The molecule has 0 saturated carbocycles. The van der Waals surface area contributed by atoms with Crippen molar-refractivity contribution in [1.82, 2.24) is 0 Å². The van der Waals surface area contributed by atoms with E-state index in [1.54, 1.807) is 6.92 Å². The maximum Gasteiger partial charge on any atom is 0.308 e. The largest absolute Gasteiger partial charge is 0.308 e. The average molecular weight is 266 g/mol. The van der Waals surface area contributed by atoms with Crippen LogP contribution in [-0.4, -0.2) is 4.92 Å². The van der Waals surface area contributed by atoms with Gasteiger partial charge in [0.15, 0.2) is 0 Å². The molecule has 76 valence electrons. The summed E-state index contributed by atoms with van der Waals surface area (Å²) in [6.45, 7) is 1.56. The highest BCUT2D eigenvalue weighted by molar-refractivity contribution is 9.09. The molecule has 0 saturated heterocycles. The Labute approximate surface area is 87.0 Å². The van der Waals surface area contributed by atoms with E-state index >= 15 is 0 Å². The highest BCUT2D eigenvalue weighted by atomic mass is 79.9. The monoisotopic (exact) mass is 265 g/mol. The maximum atomic E-state index is 13.3. The van der Waals surface area contributed by atoms with Gasteiger partial charge in [0.1, 0.15) is 5.82 Å². The zero-order valence-electron chi connectivity index (χ0n) is 7.13. The van der Waals surface area contributed by atoms with Crippen LogP contribution >= 0.6 is 15.9 Å². The number of benzene rings is 1. The maximum absolute atomic E-state index is 13.3. The van der Waals surface area contributed by atoms with Gasteiger partial charge in [-0.05, 0) is 13.0 Å². The van der Waals surface area contributed by atoms with Crippen LogP contribution in [0.2, 0.25) is 0 Å². The van der Waals surface area contributed by atoms with E-state index in [1.165, 1.54) is 0 Å². The van der Waals surface area contributed by atoms with Crippen molar-refractivity contribution in [3.63, 3.8) is 0 Å². The molecule has 0 aromatic heterocycles. The molecular formula is C8H6BrF2NO2. The minimum absolute atomic E-state index is 0.0586. The van der Waals surface area contributed by atoms with Crippen LogP contribution in [0.25, 0.3) is 0 Å². The van der Waals surface area contributed by atoms with E-state index in [0.29, 0.717) is 6.07 Å². The molecule has 0 radical (unpaired) electrons. The van der Waals surface area contributed by atoms with Gasteiger partial charge in [0.05, 0.1) is 11.0 Å². The molecule has 0 spiro atoms. The molecule has 14 heavy (non-hydrogen) atoms. The first kappa shape index (κ1) is 11.0. The third kappa shape index (κ3) is 2.06. The van der Waals surface area contributed by atoms with Crippen molar-refractivity contribution in [3.05, 3.63) is 39.4 Å². The minimum atomic E-state index is -0.999. The number of hydrogen-bond donors (Lipinski definition) is 0. The molecule has 1 aromatic rings. The Hall–Kier alpha value is -1.04. The number of rotatable bonds is 2. The number of hydrogen-bond acceptors (Lipinski definition) is 2. The summed E-state index contributed by atoms with van der Waals surface area (Å²) >= 11 is 3.02. The summed E-state index contributed by atoms with van der Waals surface area (Å²) in [7, 11) is 0. The minimum Gasteiger partial charge on any atom is -0.258 e. The summed E-state index contributed by atoms with van der Waals surface area (Å²) in [5.74, 6) is -1.82. The molecule has 6 heteroatoms. The van der Waals surface area contributed by atoms with Crippen molar-refractivity contribution in [2.45, 2.75) is 11.8 Å². The third-order valence-corrected chi connectivity index (χ3v) is 2.16. The van der Waals surface area contributed by atoms with E-state index in [-0.39, 0.29) is 5.56 Å². The van der Waals surface area contributed by atoms with Gasteiger partial charge in [-0.1, -0.05) is 15.9 Å². The Bertz CT molecular complexity index is 382. The fraction of sp³-hybridized carbons (Fsp3) is 0.250. The smallest absolute Gasteiger partial charge is 0.258 e. The molecular weight excluding hydrogens is 260 g/mol. The fourth-order valence-electron chi connectivity index (χ4n) is 1.02. The fourth-order valence-corrected chi connectivity index (χ4v) is 1.35. The Balaban J connectivity index is 3.40. The quantitative estimate of drug-likeness (QED) is 0.468. The van der Waals surface area contributed by atoms with Gasteiger partial charge in [-0.2, -0.15) is 4.39 Å². The highest BCUT2D eigenvalue weighted by Crippen LogP contribution is 2.30. The van der Waals surface area contributed by atoms with Crippen LogP contribution in [0, 0.1) is 21.7 Å². The van der Waals surface area contributed by atoms with Crippen LogP contribution in [0.5, 0.6) is 0 Å². The summed E-state index contributed by atoms with van der Waals surface area (Å²) in [6.07, 6.45) is 0. The lowest BCUT2D eigenvalue weighted by Gasteiger charge is -2.05. The first-order valence-corrected chi connectivity index (χ1v) is 4.62. The Morgan fingerprint density at radius 1 is 1.50 bits per heavy atom. The van der Waals surface area contributed by atoms with E-state index in [0.717, 1.165) is 6.07 Å². The van der Waals surface area contributed by atoms with Crippen molar-refractivity contribution in [3.8, 4) is 0 Å². The van der Waals surface area contributed by atoms with Crippen molar-refractivity contribution in [1.29, 1.82) is 0 Å². The molecule has 0 fully saturated rings. The van der Waals surface area contributed by atoms with Gasteiger partial charge in [-0.15, -0.1) is 0 Å². The Morgan fingerprint density at radius 3 is 2.50 bits per heavy atom. The van der Waals surface area contributed by atoms with Crippen LogP contribution < -0.4 is 0 Å². The summed E-state index contributed by atoms with van der Waals surface area (Å²) in [5.41, 5.74) is -0.900. The lowest BCUT2D eigenvalue weighted by atomic mass is 10.1. The summed E-state index contributed by atoms with van der Waals surface area (Å²) in [5, 5.41) is 10.3. The third-order valence-electron chi connectivity index (χ3n) is 1.67. The Kier molecular flexibility index (Phi) is 3.15. The molecule has 0 amide bonds. The Morgan fingerprint density at radius 2 is 2.07 bits per heavy atom. The van der Waals surface area contributed by atoms with Crippen LogP contribution in [0.1, 0.15) is 17.3 Å². The second-order valence-corrected chi connectivity index (χ2v) is 4.07. The number of halogens is 3. The summed E-state index contributed by atoms with van der Waals surface area (Å²) in [6, 6.07) is 1.50.